The first-order valence-electron chi connectivity index (χ1n) is 5.95. The molecule has 1 unspecified atom stereocenters. The molecule has 5 heteroatoms. The van der Waals surface area contributed by atoms with Crippen molar-refractivity contribution >= 4 is 0 Å². The zero-order valence-electron chi connectivity index (χ0n) is 10.6. The normalized spacial score (nSPS) is 13.0. The van der Waals surface area contributed by atoms with Crippen LogP contribution in [0.25, 0.3) is 0 Å². The van der Waals surface area contributed by atoms with Crippen LogP contribution in [0, 0.1) is 17.6 Å². The van der Waals surface area contributed by atoms with Crippen LogP contribution in [0.4, 0.5) is 8.78 Å². The largest absolute Gasteiger partial charge is 0.503 e. The van der Waals surface area contributed by atoms with Crippen molar-refractivity contribution in [1.29, 1.82) is 0 Å². The van der Waals surface area contributed by atoms with E-state index in [0.29, 0.717) is 11.5 Å². The lowest BCUT2D eigenvalue weighted by Gasteiger charge is -2.18. The lowest BCUT2D eigenvalue weighted by Crippen LogP contribution is -2.33. The lowest BCUT2D eigenvalue weighted by atomic mass is 10.0. The van der Waals surface area contributed by atoms with Gasteiger partial charge >= 0.3 is 0 Å². The molecule has 1 rings (SSSR count). The fourth-order valence-corrected chi connectivity index (χ4v) is 1.77. The first-order valence-corrected chi connectivity index (χ1v) is 5.95. The molecular formula is C13H19F2NO2. The fraction of sp³-hybridized carbons (Fsp3) is 0.538. The van der Waals surface area contributed by atoms with Crippen LogP contribution in [-0.4, -0.2) is 22.9 Å². The number of phenolic OH excluding ortho intramolecular Hbond substituents is 1. The number of hydrogen-bond acceptors (Lipinski definition) is 3. The van der Waals surface area contributed by atoms with Crippen LogP contribution in [0.2, 0.25) is 0 Å². The molecule has 0 bridgehead atoms. The summed E-state index contributed by atoms with van der Waals surface area (Å²) in [5.41, 5.74) is 0.394. The molecule has 3 N–H and O–H groups in total. The Kier molecular flexibility index (Phi) is 5.50. The maximum Gasteiger partial charge on any atom is 0.187 e. The van der Waals surface area contributed by atoms with Crippen molar-refractivity contribution in [3.05, 3.63) is 29.3 Å². The fourth-order valence-electron chi connectivity index (χ4n) is 1.77. The third kappa shape index (κ3) is 4.23. The molecule has 0 aliphatic heterocycles. The first-order chi connectivity index (χ1) is 8.43. The Labute approximate surface area is 105 Å². The Balaban J connectivity index is 2.62. The number of nitrogens with one attached hydrogen (secondary N) is 1. The molecule has 0 aliphatic rings. The van der Waals surface area contributed by atoms with Crippen LogP contribution in [0.1, 0.15) is 25.8 Å². The summed E-state index contributed by atoms with van der Waals surface area (Å²) in [7, 11) is 0. The predicted octanol–water partition coefficient (Wildman–Crippen LogP) is 2.17. The monoisotopic (exact) mass is 259 g/mol. The SMILES string of the molecule is CC(C)CC(CO)NCc1cc(F)c(O)c(F)c1. The summed E-state index contributed by atoms with van der Waals surface area (Å²) in [6.45, 7) is 4.28. The average molecular weight is 259 g/mol. The second-order valence-electron chi connectivity index (χ2n) is 4.80. The van der Waals surface area contributed by atoms with Crippen LogP contribution in [0.3, 0.4) is 0 Å². The molecule has 1 aromatic carbocycles. The minimum atomic E-state index is -0.976. The van der Waals surface area contributed by atoms with Crippen LogP contribution < -0.4 is 5.32 Å². The molecule has 0 saturated carbocycles. The molecule has 102 valence electrons. The smallest absolute Gasteiger partial charge is 0.187 e. The molecule has 18 heavy (non-hydrogen) atoms. The predicted molar refractivity (Wildman–Crippen MR) is 65.2 cm³/mol. The van der Waals surface area contributed by atoms with Gasteiger partial charge < -0.3 is 15.5 Å². The maximum absolute atomic E-state index is 13.1. The third-order valence-corrected chi connectivity index (χ3v) is 2.65. The van der Waals surface area contributed by atoms with E-state index in [4.69, 9.17) is 10.2 Å². The number of phenols is 1. The number of hydrogen-bond donors (Lipinski definition) is 3. The summed E-state index contributed by atoms with van der Waals surface area (Å²) in [5.74, 6) is -2.49. The van der Waals surface area contributed by atoms with Gasteiger partial charge in [-0.15, -0.1) is 0 Å². The van der Waals surface area contributed by atoms with Gasteiger partial charge in [0.25, 0.3) is 0 Å². The van der Waals surface area contributed by atoms with E-state index in [1.54, 1.807) is 0 Å². The van der Waals surface area contributed by atoms with Crippen LogP contribution in [0.5, 0.6) is 5.75 Å². The Morgan fingerprint density at radius 1 is 1.22 bits per heavy atom. The van der Waals surface area contributed by atoms with E-state index in [2.05, 4.69) is 5.32 Å². The highest BCUT2D eigenvalue weighted by molar-refractivity contribution is 5.29. The van der Waals surface area contributed by atoms with Crippen molar-refractivity contribution in [3.63, 3.8) is 0 Å². The minimum Gasteiger partial charge on any atom is -0.503 e. The van der Waals surface area contributed by atoms with Crippen LogP contribution in [0.15, 0.2) is 12.1 Å². The number of benzene rings is 1. The summed E-state index contributed by atoms with van der Waals surface area (Å²) in [6, 6.07) is 2.05. The second kappa shape index (κ2) is 6.66. The Bertz CT molecular complexity index is 374. The maximum atomic E-state index is 13.1. The molecule has 0 saturated heterocycles. The van der Waals surface area contributed by atoms with E-state index in [9.17, 15) is 8.78 Å². The van der Waals surface area contributed by atoms with Gasteiger partial charge in [-0.05, 0) is 30.0 Å². The molecule has 0 aromatic heterocycles. The highest BCUT2D eigenvalue weighted by atomic mass is 19.1. The van der Waals surface area contributed by atoms with Crippen molar-refractivity contribution in [2.24, 2.45) is 5.92 Å². The molecule has 0 fully saturated rings. The van der Waals surface area contributed by atoms with Crippen LogP contribution >= 0.6 is 0 Å². The van der Waals surface area contributed by atoms with Gasteiger partial charge in [-0.1, -0.05) is 13.8 Å². The average Bonchev–Trinajstić information content (AvgIpc) is 2.30. The number of halogens is 2. The zero-order chi connectivity index (χ0) is 13.7. The molecule has 0 heterocycles. The van der Waals surface area contributed by atoms with Gasteiger partial charge in [0.15, 0.2) is 17.4 Å². The van der Waals surface area contributed by atoms with Crippen molar-refractivity contribution in [1.82, 2.24) is 5.32 Å². The molecule has 1 aromatic rings. The minimum absolute atomic E-state index is 0.0266. The van der Waals surface area contributed by atoms with E-state index < -0.39 is 17.4 Å². The molecule has 0 radical (unpaired) electrons. The quantitative estimate of drug-likeness (QED) is 0.734. The second-order valence-corrected chi connectivity index (χ2v) is 4.80. The van der Waals surface area contributed by atoms with Gasteiger partial charge in [0.1, 0.15) is 0 Å². The van der Waals surface area contributed by atoms with Crippen molar-refractivity contribution in [2.75, 3.05) is 6.61 Å². The Morgan fingerprint density at radius 2 is 1.78 bits per heavy atom. The van der Waals surface area contributed by atoms with Gasteiger partial charge in [0.2, 0.25) is 0 Å². The van der Waals surface area contributed by atoms with Crippen molar-refractivity contribution in [2.45, 2.75) is 32.9 Å². The lowest BCUT2D eigenvalue weighted by molar-refractivity contribution is 0.223. The number of aliphatic hydroxyl groups excluding tert-OH is 1. The first kappa shape index (κ1) is 14.9. The van der Waals surface area contributed by atoms with Gasteiger partial charge in [-0.25, -0.2) is 8.78 Å². The molecular weight excluding hydrogens is 240 g/mol. The van der Waals surface area contributed by atoms with E-state index in [1.165, 1.54) is 0 Å². The van der Waals surface area contributed by atoms with Crippen molar-refractivity contribution < 1.29 is 19.0 Å². The highest BCUT2D eigenvalue weighted by Gasteiger charge is 2.12. The summed E-state index contributed by atoms with van der Waals surface area (Å²) in [6.07, 6.45) is 0.777. The van der Waals surface area contributed by atoms with Gasteiger partial charge in [-0.2, -0.15) is 0 Å². The topological polar surface area (TPSA) is 52.5 Å². The van der Waals surface area contributed by atoms with Crippen LogP contribution in [-0.2, 0) is 6.54 Å². The van der Waals surface area contributed by atoms with E-state index >= 15 is 0 Å². The molecule has 1 atom stereocenters. The van der Waals surface area contributed by atoms with Crippen molar-refractivity contribution in [3.8, 4) is 5.75 Å². The number of aromatic hydroxyl groups is 1. The molecule has 0 amide bonds. The summed E-state index contributed by atoms with van der Waals surface area (Å²) in [4.78, 5) is 0. The molecule has 0 spiro atoms. The van der Waals surface area contributed by atoms with Gasteiger partial charge in [0.05, 0.1) is 6.61 Å². The number of aliphatic hydroxyl groups is 1. The standard InChI is InChI=1S/C13H19F2NO2/c1-8(2)3-10(7-17)16-6-9-4-11(14)13(18)12(15)5-9/h4-5,8,10,16-18H,3,6-7H2,1-2H3. The van der Waals surface area contributed by atoms with Gasteiger partial charge in [0, 0.05) is 12.6 Å². The molecule has 0 aliphatic carbocycles. The summed E-state index contributed by atoms with van der Waals surface area (Å²) in [5, 5.41) is 21.1. The third-order valence-electron chi connectivity index (χ3n) is 2.65. The van der Waals surface area contributed by atoms with Gasteiger partial charge in [-0.3, -0.25) is 0 Å². The molecule has 3 nitrogen and oxygen atoms in total. The van der Waals surface area contributed by atoms with E-state index in [-0.39, 0.29) is 19.2 Å². The Hall–Kier alpha value is -1.20. The highest BCUT2D eigenvalue weighted by Crippen LogP contribution is 2.21. The van der Waals surface area contributed by atoms with E-state index in [0.717, 1.165) is 18.6 Å². The number of rotatable bonds is 6. The van der Waals surface area contributed by atoms with E-state index in [1.807, 2.05) is 13.8 Å². The summed E-state index contributed by atoms with van der Waals surface area (Å²) >= 11 is 0. The summed E-state index contributed by atoms with van der Waals surface area (Å²) < 4.78 is 26.2. The Morgan fingerprint density at radius 3 is 2.22 bits per heavy atom. The zero-order valence-corrected chi connectivity index (χ0v) is 10.6.